The van der Waals surface area contributed by atoms with Crippen molar-refractivity contribution in [3.8, 4) is 6.19 Å². The van der Waals surface area contributed by atoms with E-state index in [1.165, 1.54) is 15.9 Å². The van der Waals surface area contributed by atoms with Crippen LogP contribution in [-0.4, -0.2) is 45.8 Å². The van der Waals surface area contributed by atoms with E-state index in [4.69, 9.17) is 10.00 Å². The zero-order chi connectivity index (χ0) is 20.7. The maximum absolute atomic E-state index is 13.2. The first-order valence-electron chi connectivity index (χ1n) is 9.75. The molecular weight excluding hydrogens is 392 g/mol. The smallest absolute Gasteiger partial charge is 0.332 e. The number of hydrogen-bond donors (Lipinski definition) is 1. The Morgan fingerprint density at radius 1 is 1.41 bits per heavy atom. The van der Waals surface area contributed by atoms with Crippen molar-refractivity contribution in [2.75, 3.05) is 19.7 Å². The van der Waals surface area contributed by atoms with E-state index in [0.29, 0.717) is 49.0 Å². The first kappa shape index (κ1) is 19.7. The number of aliphatic imine (C=N–C) groups is 1. The predicted octanol–water partition coefficient (Wildman–Crippen LogP) is 1.15. The number of aromatic nitrogens is 2. The molecule has 0 aromatic carbocycles. The zero-order valence-electron chi connectivity index (χ0n) is 16.8. The zero-order valence-corrected chi connectivity index (χ0v) is 17.6. The molecule has 1 fully saturated rings. The van der Waals surface area contributed by atoms with Gasteiger partial charge in [-0.25, -0.2) is 4.79 Å². The van der Waals surface area contributed by atoms with Crippen molar-refractivity contribution in [3.63, 3.8) is 0 Å². The van der Waals surface area contributed by atoms with Crippen LogP contribution >= 0.6 is 11.3 Å². The number of nitriles is 1. The van der Waals surface area contributed by atoms with E-state index in [-0.39, 0.29) is 23.4 Å². The summed E-state index contributed by atoms with van der Waals surface area (Å²) in [6, 6.07) is -0.229. The number of ether oxygens (including phenoxy) is 1. The molecule has 0 bridgehead atoms. The van der Waals surface area contributed by atoms with Gasteiger partial charge in [-0.2, -0.15) is 5.26 Å². The van der Waals surface area contributed by atoms with E-state index in [1.807, 2.05) is 31.9 Å². The Kier molecular flexibility index (Phi) is 5.19. The topological polar surface area (TPSA) is 105 Å². The number of fused-ring (bicyclic) bond motifs is 1. The molecule has 154 valence electrons. The van der Waals surface area contributed by atoms with Gasteiger partial charge in [0.1, 0.15) is 4.83 Å². The standard InChI is InChI=1S/C19H24N6O3S/c1-11(2)25-16(26)15-12(3)14(9-23-6-5-21-18(23)22-10-20)29-17(15)24(19(25)27)8-13-4-7-28-13/h11,13H,4-9H2,1-3H3,(H,21,22). The summed E-state index contributed by atoms with van der Waals surface area (Å²) in [6.07, 6.45) is 2.84. The fourth-order valence-corrected chi connectivity index (χ4v) is 5.10. The number of nitrogens with zero attached hydrogens (tertiary/aromatic N) is 5. The molecule has 1 N–H and O–H groups in total. The molecule has 9 nitrogen and oxygen atoms in total. The van der Waals surface area contributed by atoms with E-state index < -0.39 is 0 Å². The largest absolute Gasteiger partial charge is 0.376 e. The fraction of sp³-hybridized carbons (Fsp3) is 0.579. The molecule has 2 aromatic heterocycles. The predicted molar refractivity (Wildman–Crippen MR) is 111 cm³/mol. The Hall–Kier alpha value is -2.64. The Balaban J connectivity index is 1.83. The summed E-state index contributed by atoms with van der Waals surface area (Å²) < 4.78 is 8.59. The van der Waals surface area contributed by atoms with Gasteiger partial charge >= 0.3 is 5.69 Å². The fourth-order valence-electron chi connectivity index (χ4n) is 3.79. The second kappa shape index (κ2) is 7.65. The van der Waals surface area contributed by atoms with Crippen LogP contribution in [0.4, 0.5) is 0 Å². The number of nitrogens with one attached hydrogen (secondary N) is 1. The molecule has 2 aliphatic rings. The molecule has 2 aliphatic heterocycles. The van der Waals surface area contributed by atoms with Crippen LogP contribution < -0.4 is 16.6 Å². The number of hydrogen-bond acceptors (Lipinski definition) is 8. The normalized spacial score (nSPS) is 18.8. The molecule has 0 aliphatic carbocycles. The third kappa shape index (κ3) is 3.34. The highest BCUT2D eigenvalue weighted by Gasteiger charge is 2.27. The van der Waals surface area contributed by atoms with Gasteiger partial charge < -0.3 is 9.64 Å². The molecule has 0 saturated carbocycles. The van der Waals surface area contributed by atoms with Gasteiger partial charge in [0.05, 0.1) is 31.1 Å². The summed E-state index contributed by atoms with van der Waals surface area (Å²) in [5.41, 5.74) is 0.363. The monoisotopic (exact) mass is 416 g/mol. The number of guanidine groups is 1. The van der Waals surface area contributed by atoms with Crippen LogP contribution in [0, 0.1) is 18.4 Å². The van der Waals surface area contributed by atoms with Gasteiger partial charge in [0.15, 0.2) is 6.19 Å². The Bertz CT molecular complexity index is 1130. The Morgan fingerprint density at radius 2 is 2.17 bits per heavy atom. The molecule has 1 atom stereocenters. The van der Waals surface area contributed by atoms with Crippen LogP contribution in [0.3, 0.4) is 0 Å². The van der Waals surface area contributed by atoms with Crippen LogP contribution in [0.2, 0.25) is 0 Å². The van der Waals surface area contributed by atoms with Crippen molar-refractivity contribution in [1.29, 1.82) is 5.26 Å². The van der Waals surface area contributed by atoms with Crippen molar-refractivity contribution < 1.29 is 4.74 Å². The van der Waals surface area contributed by atoms with Crippen LogP contribution in [0.5, 0.6) is 0 Å². The summed E-state index contributed by atoms with van der Waals surface area (Å²) in [5, 5.41) is 12.1. The molecule has 2 aromatic rings. The number of aryl methyl sites for hydroxylation is 1. The van der Waals surface area contributed by atoms with Gasteiger partial charge in [-0.1, -0.05) is 0 Å². The van der Waals surface area contributed by atoms with Crippen molar-refractivity contribution in [2.24, 2.45) is 4.99 Å². The van der Waals surface area contributed by atoms with E-state index in [9.17, 15) is 9.59 Å². The summed E-state index contributed by atoms with van der Waals surface area (Å²) in [5.74, 6) is 0.546. The lowest BCUT2D eigenvalue weighted by atomic mass is 10.1. The lowest BCUT2D eigenvalue weighted by molar-refractivity contribution is -0.0593. The quantitative estimate of drug-likeness (QED) is 0.579. The molecule has 29 heavy (non-hydrogen) atoms. The minimum atomic E-state index is -0.282. The second-order valence-electron chi connectivity index (χ2n) is 7.64. The SMILES string of the molecule is Cc1c(CN2CCN=C2NC#N)sc2c1c(=O)n(C(C)C)c(=O)n2CC1CCO1. The molecule has 4 heterocycles. The van der Waals surface area contributed by atoms with E-state index in [0.717, 1.165) is 16.9 Å². The van der Waals surface area contributed by atoms with Crippen LogP contribution in [0.1, 0.15) is 36.8 Å². The van der Waals surface area contributed by atoms with Crippen molar-refractivity contribution in [1.82, 2.24) is 19.4 Å². The van der Waals surface area contributed by atoms with Crippen molar-refractivity contribution >= 4 is 27.5 Å². The molecule has 0 spiro atoms. The maximum atomic E-state index is 13.2. The van der Waals surface area contributed by atoms with Crippen LogP contribution in [0.25, 0.3) is 10.2 Å². The Labute approximate surface area is 171 Å². The summed E-state index contributed by atoms with van der Waals surface area (Å²) >= 11 is 1.47. The lowest BCUT2D eigenvalue weighted by Gasteiger charge is -2.27. The molecule has 0 amide bonds. The van der Waals surface area contributed by atoms with Gasteiger partial charge in [-0.3, -0.25) is 24.2 Å². The van der Waals surface area contributed by atoms with Gasteiger partial charge in [0.25, 0.3) is 5.56 Å². The minimum Gasteiger partial charge on any atom is -0.376 e. The molecule has 4 rings (SSSR count). The summed E-state index contributed by atoms with van der Waals surface area (Å²) in [7, 11) is 0. The van der Waals surface area contributed by atoms with Gasteiger partial charge in [-0.15, -0.1) is 11.3 Å². The lowest BCUT2D eigenvalue weighted by Crippen LogP contribution is -2.44. The maximum Gasteiger partial charge on any atom is 0.332 e. The highest BCUT2D eigenvalue weighted by atomic mass is 32.1. The van der Waals surface area contributed by atoms with Gasteiger partial charge in [0, 0.05) is 24.1 Å². The Morgan fingerprint density at radius 3 is 2.79 bits per heavy atom. The van der Waals surface area contributed by atoms with E-state index in [1.54, 1.807) is 4.57 Å². The second-order valence-corrected chi connectivity index (χ2v) is 8.72. The molecule has 10 heteroatoms. The van der Waals surface area contributed by atoms with Crippen LogP contribution in [0.15, 0.2) is 14.6 Å². The first-order valence-corrected chi connectivity index (χ1v) is 10.6. The molecular formula is C19H24N6O3S. The number of rotatable bonds is 5. The number of thiophene rings is 1. The van der Waals surface area contributed by atoms with E-state index >= 15 is 0 Å². The van der Waals surface area contributed by atoms with Gasteiger partial charge in [-0.05, 0) is 32.8 Å². The molecule has 0 radical (unpaired) electrons. The minimum absolute atomic E-state index is 0.0111. The van der Waals surface area contributed by atoms with Crippen molar-refractivity contribution in [2.45, 2.75) is 52.4 Å². The molecule has 1 unspecified atom stereocenters. The first-order chi connectivity index (χ1) is 13.9. The van der Waals surface area contributed by atoms with Crippen LogP contribution in [-0.2, 0) is 17.8 Å². The summed E-state index contributed by atoms with van der Waals surface area (Å²) in [4.78, 5) is 34.3. The highest BCUT2D eigenvalue weighted by molar-refractivity contribution is 7.18. The average Bonchev–Trinajstić information content (AvgIpc) is 3.19. The van der Waals surface area contributed by atoms with Gasteiger partial charge in [0.2, 0.25) is 5.96 Å². The average molecular weight is 417 g/mol. The third-order valence-corrected chi connectivity index (χ3v) is 6.77. The van der Waals surface area contributed by atoms with E-state index in [2.05, 4.69) is 10.3 Å². The molecule has 1 saturated heterocycles. The highest BCUT2D eigenvalue weighted by Crippen LogP contribution is 2.30. The van der Waals surface area contributed by atoms with Crippen molar-refractivity contribution in [3.05, 3.63) is 31.3 Å². The summed E-state index contributed by atoms with van der Waals surface area (Å²) in [6.45, 7) is 8.66. The third-order valence-electron chi connectivity index (χ3n) is 5.47.